The topological polar surface area (TPSA) is 57.5 Å². The number of hydrogen-bond acceptors (Lipinski definition) is 2. The molecule has 2 N–H and O–H groups in total. The normalized spacial score (nSPS) is 18.6. The SMILES string of the molecule is Cc1ccc(C2(C(=O)O)CCCCC2)c(Br)c1O. The molecule has 98 valence electrons. The number of aryl methyl sites for hydroxylation is 1. The second-order valence-corrected chi connectivity index (χ2v) is 5.83. The van der Waals surface area contributed by atoms with Gasteiger partial charge in [0.15, 0.2) is 0 Å². The molecule has 1 saturated carbocycles. The van der Waals surface area contributed by atoms with Crippen molar-refractivity contribution < 1.29 is 15.0 Å². The molecule has 0 aliphatic heterocycles. The summed E-state index contributed by atoms with van der Waals surface area (Å²) >= 11 is 3.36. The van der Waals surface area contributed by atoms with Crippen LogP contribution in [0.15, 0.2) is 16.6 Å². The summed E-state index contributed by atoms with van der Waals surface area (Å²) in [7, 11) is 0. The molecule has 18 heavy (non-hydrogen) atoms. The molecule has 1 aliphatic rings. The molecule has 0 spiro atoms. The van der Waals surface area contributed by atoms with E-state index < -0.39 is 11.4 Å². The fourth-order valence-corrected chi connectivity index (χ4v) is 3.61. The van der Waals surface area contributed by atoms with Crippen LogP contribution in [-0.4, -0.2) is 16.2 Å². The molecule has 0 unspecified atom stereocenters. The Balaban J connectivity index is 2.56. The van der Waals surface area contributed by atoms with Gasteiger partial charge in [-0.3, -0.25) is 4.79 Å². The number of halogens is 1. The first-order chi connectivity index (χ1) is 8.49. The third kappa shape index (κ3) is 2.03. The average Bonchev–Trinajstić information content (AvgIpc) is 2.37. The average molecular weight is 313 g/mol. The van der Waals surface area contributed by atoms with Crippen LogP contribution in [0, 0.1) is 6.92 Å². The summed E-state index contributed by atoms with van der Waals surface area (Å²) in [4.78, 5) is 11.7. The van der Waals surface area contributed by atoms with Crippen molar-refractivity contribution >= 4 is 21.9 Å². The Labute approximate surface area is 115 Å². The Bertz CT molecular complexity index is 476. The van der Waals surface area contributed by atoms with E-state index in [4.69, 9.17) is 0 Å². The fraction of sp³-hybridized carbons (Fsp3) is 0.500. The van der Waals surface area contributed by atoms with Gasteiger partial charge in [-0.25, -0.2) is 0 Å². The summed E-state index contributed by atoms with van der Waals surface area (Å²) in [6, 6.07) is 3.62. The highest BCUT2D eigenvalue weighted by atomic mass is 79.9. The minimum absolute atomic E-state index is 0.152. The first-order valence-corrected chi connectivity index (χ1v) is 7.00. The number of aromatic hydroxyl groups is 1. The van der Waals surface area contributed by atoms with E-state index in [2.05, 4.69) is 15.9 Å². The zero-order valence-corrected chi connectivity index (χ0v) is 12.0. The van der Waals surface area contributed by atoms with Crippen molar-refractivity contribution in [3.05, 3.63) is 27.7 Å². The van der Waals surface area contributed by atoms with Gasteiger partial charge in [0.05, 0.1) is 9.89 Å². The van der Waals surface area contributed by atoms with Crippen LogP contribution in [0.3, 0.4) is 0 Å². The molecule has 1 aromatic carbocycles. The van der Waals surface area contributed by atoms with Crippen molar-refractivity contribution in [3.8, 4) is 5.75 Å². The molecule has 0 bridgehead atoms. The number of carboxylic acids is 1. The van der Waals surface area contributed by atoms with Gasteiger partial charge in [-0.1, -0.05) is 31.4 Å². The number of phenolic OH excluding ortho intramolecular Hbond substituents is 1. The quantitative estimate of drug-likeness (QED) is 0.874. The lowest BCUT2D eigenvalue weighted by Crippen LogP contribution is -2.38. The van der Waals surface area contributed by atoms with Gasteiger partial charge in [0.1, 0.15) is 5.75 Å². The van der Waals surface area contributed by atoms with Gasteiger partial charge in [-0.2, -0.15) is 0 Å². The van der Waals surface area contributed by atoms with E-state index in [9.17, 15) is 15.0 Å². The van der Waals surface area contributed by atoms with Crippen molar-refractivity contribution in [2.24, 2.45) is 0 Å². The van der Waals surface area contributed by atoms with Gasteiger partial charge < -0.3 is 10.2 Å². The Hall–Kier alpha value is -1.03. The highest BCUT2D eigenvalue weighted by molar-refractivity contribution is 9.10. The number of aliphatic carboxylic acids is 1. The highest BCUT2D eigenvalue weighted by Crippen LogP contribution is 2.45. The maximum Gasteiger partial charge on any atom is 0.314 e. The molecule has 0 saturated heterocycles. The van der Waals surface area contributed by atoms with Gasteiger partial charge in [0, 0.05) is 0 Å². The first kappa shape index (κ1) is 13.4. The molecule has 3 nitrogen and oxygen atoms in total. The number of rotatable bonds is 2. The second kappa shape index (κ2) is 4.92. The molecule has 1 aliphatic carbocycles. The Morgan fingerprint density at radius 3 is 2.44 bits per heavy atom. The van der Waals surface area contributed by atoms with Gasteiger partial charge in [0.2, 0.25) is 0 Å². The van der Waals surface area contributed by atoms with Crippen LogP contribution in [-0.2, 0) is 10.2 Å². The van der Waals surface area contributed by atoms with E-state index in [1.807, 2.05) is 6.07 Å². The number of hydrogen-bond donors (Lipinski definition) is 2. The van der Waals surface area contributed by atoms with Crippen molar-refractivity contribution in [1.82, 2.24) is 0 Å². The molecule has 0 amide bonds. The molecule has 1 aromatic rings. The molecule has 2 rings (SSSR count). The maximum absolute atomic E-state index is 11.7. The van der Waals surface area contributed by atoms with E-state index in [0.29, 0.717) is 22.9 Å². The summed E-state index contributed by atoms with van der Waals surface area (Å²) in [5.41, 5.74) is 0.613. The molecule has 0 aromatic heterocycles. The number of carbonyl (C=O) groups is 1. The van der Waals surface area contributed by atoms with Gasteiger partial charge >= 0.3 is 5.97 Å². The lowest BCUT2D eigenvalue weighted by atomic mass is 9.69. The predicted octanol–water partition coefficient (Wildman–Crippen LogP) is 3.75. The van der Waals surface area contributed by atoms with E-state index in [1.54, 1.807) is 13.0 Å². The summed E-state index contributed by atoms with van der Waals surface area (Å²) in [5.74, 6) is -0.634. The molecular weight excluding hydrogens is 296 g/mol. The fourth-order valence-electron chi connectivity index (χ4n) is 2.78. The number of phenols is 1. The molecule has 0 heterocycles. The second-order valence-electron chi connectivity index (χ2n) is 5.04. The third-order valence-electron chi connectivity index (χ3n) is 3.95. The van der Waals surface area contributed by atoms with Crippen LogP contribution in [0.1, 0.15) is 43.2 Å². The van der Waals surface area contributed by atoms with E-state index in [1.165, 1.54) is 0 Å². The largest absolute Gasteiger partial charge is 0.506 e. The smallest absolute Gasteiger partial charge is 0.314 e. The Morgan fingerprint density at radius 2 is 1.89 bits per heavy atom. The third-order valence-corrected chi connectivity index (χ3v) is 4.75. The monoisotopic (exact) mass is 312 g/mol. The molecule has 0 atom stereocenters. The first-order valence-electron chi connectivity index (χ1n) is 6.21. The van der Waals surface area contributed by atoms with Gasteiger partial charge in [0.25, 0.3) is 0 Å². The molecule has 1 fully saturated rings. The van der Waals surface area contributed by atoms with Crippen LogP contribution >= 0.6 is 15.9 Å². The zero-order valence-electron chi connectivity index (χ0n) is 10.4. The van der Waals surface area contributed by atoms with Crippen LogP contribution in [0.5, 0.6) is 5.75 Å². The van der Waals surface area contributed by atoms with Crippen molar-refractivity contribution in [2.75, 3.05) is 0 Å². The summed E-state index contributed by atoms with van der Waals surface area (Å²) in [6.45, 7) is 1.80. The number of carboxylic acid groups (broad SMARTS) is 1. The Morgan fingerprint density at radius 1 is 1.28 bits per heavy atom. The van der Waals surface area contributed by atoms with Gasteiger partial charge in [-0.15, -0.1) is 0 Å². The Kier molecular flexibility index (Phi) is 3.66. The lowest BCUT2D eigenvalue weighted by Gasteiger charge is -2.34. The minimum Gasteiger partial charge on any atom is -0.506 e. The van der Waals surface area contributed by atoms with E-state index >= 15 is 0 Å². The van der Waals surface area contributed by atoms with Crippen LogP contribution in [0.25, 0.3) is 0 Å². The van der Waals surface area contributed by atoms with Crippen molar-refractivity contribution in [3.63, 3.8) is 0 Å². The molecule has 4 heteroatoms. The minimum atomic E-state index is -0.845. The van der Waals surface area contributed by atoms with Crippen LogP contribution < -0.4 is 0 Å². The van der Waals surface area contributed by atoms with Gasteiger partial charge in [-0.05, 0) is 46.8 Å². The van der Waals surface area contributed by atoms with Crippen molar-refractivity contribution in [2.45, 2.75) is 44.4 Å². The van der Waals surface area contributed by atoms with E-state index in [-0.39, 0.29) is 5.75 Å². The van der Waals surface area contributed by atoms with Crippen LogP contribution in [0.4, 0.5) is 0 Å². The maximum atomic E-state index is 11.7. The summed E-state index contributed by atoms with van der Waals surface area (Å²) in [5, 5.41) is 19.6. The highest BCUT2D eigenvalue weighted by Gasteiger charge is 2.43. The standard InChI is InChI=1S/C14H17BrO3/c1-9-5-6-10(11(15)12(9)16)14(13(17)18)7-3-2-4-8-14/h5-6,16H,2-4,7-8H2,1H3,(H,17,18). The molecule has 0 radical (unpaired) electrons. The predicted molar refractivity (Wildman–Crippen MR) is 72.9 cm³/mol. The lowest BCUT2D eigenvalue weighted by molar-refractivity contribution is -0.145. The zero-order chi connectivity index (χ0) is 13.3. The number of benzene rings is 1. The van der Waals surface area contributed by atoms with Crippen molar-refractivity contribution in [1.29, 1.82) is 0 Å². The summed E-state index contributed by atoms with van der Waals surface area (Å²) in [6.07, 6.45) is 4.22. The summed E-state index contributed by atoms with van der Waals surface area (Å²) < 4.78 is 0.534. The van der Waals surface area contributed by atoms with Crippen LogP contribution in [0.2, 0.25) is 0 Å². The van der Waals surface area contributed by atoms with E-state index in [0.717, 1.165) is 24.8 Å². The molecular formula is C14H17BrO3.